The third-order valence-electron chi connectivity index (χ3n) is 4.47. The largest absolute Gasteiger partial charge is 0.422 e. The van der Waals surface area contributed by atoms with E-state index < -0.39 is 11.7 Å². The van der Waals surface area contributed by atoms with Gasteiger partial charge in [-0.05, 0) is 41.4 Å². The summed E-state index contributed by atoms with van der Waals surface area (Å²) < 4.78 is 10.6. The lowest BCUT2D eigenvalue weighted by Gasteiger charge is -2.13. The number of benzene rings is 2. The first-order valence-electron chi connectivity index (χ1n) is 8.66. The second-order valence-corrected chi connectivity index (χ2v) is 6.65. The van der Waals surface area contributed by atoms with E-state index in [0.29, 0.717) is 16.5 Å². The maximum atomic E-state index is 12.6. The Labute approximate surface area is 165 Å². The molecule has 1 amide bonds. The van der Waals surface area contributed by atoms with Crippen molar-refractivity contribution in [3.63, 3.8) is 0 Å². The molecule has 0 aliphatic carbocycles. The molecule has 0 bridgehead atoms. The molecule has 8 nitrogen and oxygen atoms in total. The number of amides is 1. The molecule has 0 fully saturated rings. The molecule has 0 aliphatic rings. The average molecular weight is 391 g/mol. The Morgan fingerprint density at radius 2 is 2.03 bits per heavy atom. The topological polar surface area (TPSA) is 113 Å². The maximum absolute atomic E-state index is 12.6. The molecule has 29 heavy (non-hydrogen) atoms. The number of nitriles is 1. The molecule has 3 aromatic rings. The van der Waals surface area contributed by atoms with E-state index >= 15 is 0 Å². The minimum absolute atomic E-state index is 0.0127. The predicted octanol–water partition coefficient (Wildman–Crippen LogP) is 4.02. The summed E-state index contributed by atoms with van der Waals surface area (Å²) >= 11 is 0. The van der Waals surface area contributed by atoms with Gasteiger partial charge in [0, 0.05) is 37.5 Å². The number of rotatable bonds is 4. The fourth-order valence-corrected chi connectivity index (χ4v) is 2.91. The molecule has 3 rings (SSSR count). The van der Waals surface area contributed by atoms with Crippen LogP contribution >= 0.6 is 0 Å². The van der Waals surface area contributed by atoms with E-state index in [1.54, 1.807) is 31.2 Å². The zero-order valence-corrected chi connectivity index (χ0v) is 16.1. The fourth-order valence-electron chi connectivity index (χ4n) is 2.91. The molecule has 146 valence electrons. The van der Waals surface area contributed by atoms with Crippen LogP contribution in [0.2, 0.25) is 0 Å². The van der Waals surface area contributed by atoms with Crippen LogP contribution in [-0.4, -0.2) is 25.1 Å². The third kappa shape index (κ3) is 3.99. The number of hydrogen-bond acceptors (Lipinski definition) is 7. The minimum atomic E-state index is -0.653. The number of aryl methyl sites for hydroxylation is 1. The van der Waals surface area contributed by atoms with Crippen molar-refractivity contribution in [3.8, 4) is 11.8 Å². The van der Waals surface area contributed by atoms with Gasteiger partial charge in [0.05, 0.1) is 5.56 Å². The number of hydrogen-bond donors (Lipinski definition) is 0. The van der Waals surface area contributed by atoms with Crippen LogP contribution in [0.1, 0.15) is 22.3 Å². The van der Waals surface area contributed by atoms with Crippen molar-refractivity contribution >= 4 is 22.7 Å². The second kappa shape index (κ2) is 7.94. The Bertz CT molecular complexity index is 1220. The summed E-state index contributed by atoms with van der Waals surface area (Å²) in [5.74, 6) is 0.0127. The van der Waals surface area contributed by atoms with Gasteiger partial charge < -0.3 is 14.1 Å². The van der Waals surface area contributed by atoms with Gasteiger partial charge in [0.25, 0.3) is 0 Å². The van der Waals surface area contributed by atoms with Crippen LogP contribution in [0.25, 0.3) is 11.0 Å². The van der Waals surface area contributed by atoms with E-state index in [1.165, 1.54) is 31.1 Å². The zero-order valence-electron chi connectivity index (χ0n) is 16.1. The van der Waals surface area contributed by atoms with Crippen molar-refractivity contribution in [1.29, 1.82) is 5.26 Å². The summed E-state index contributed by atoms with van der Waals surface area (Å²) in [6.45, 7) is 1.75. The first-order chi connectivity index (χ1) is 13.8. The Morgan fingerprint density at radius 1 is 1.28 bits per heavy atom. The van der Waals surface area contributed by atoms with Gasteiger partial charge in [-0.15, -0.1) is 4.91 Å². The summed E-state index contributed by atoms with van der Waals surface area (Å²) in [5, 5.41) is 12.9. The summed E-state index contributed by atoms with van der Waals surface area (Å²) in [6.07, 6.45) is -0.410. The van der Waals surface area contributed by atoms with Crippen molar-refractivity contribution in [2.24, 2.45) is 5.18 Å². The Kier molecular flexibility index (Phi) is 5.41. The quantitative estimate of drug-likeness (QED) is 0.490. The van der Waals surface area contributed by atoms with Crippen molar-refractivity contribution in [3.05, 3.63) is 74.0 Å². The fraction of sp³-hybridized carbons (Fsp3) is 0.190. The lowest BCUT2D eigenvalue weighted by atomic mass is 9.98. The number of ether oxygens (including phenoxy) is 1. The number of carbonyl (C=O) groups is 1. The second-order valence-electron chi connectivity index (χ2n) is 6.65. The molecule has 0 unspecified atom stereocenters. The van der Waals surface area contributed by atoms with E-state index in [9.17, 15) is 19.8 Å². The van der Waals surface area contributed by atoms with Gasteiger partial charge in [-0.25, -0.2) is 9.59 Å². The van der Waals surface area contributed by atoms with Gasteiger partial charge in [-0.1, -0.05) is 12.1 Å². The van der Waals surface area contributed by atoms with E-state index in [2.05, 4.69) is 5.18 Å². The van der Waals surface area contributed by atoms with Gasteiger partial charge in [0.2, 0.25) is 0 Å². The number of carbonyl (C=O) groups excluding carboxylic acids is 1. The van der Waals surface area contributed by atoms with Crippen molar-refractivity contribution in [2.75, 3.05) is 14.1 Å². The average Bonchev–Trinajstić information content (AvgIpc) is 2.70. The van der Waals surface area contributed by atoms with Crippen LogP contribution in [-0.2, 0) is 6.42 Å². The number of nitrogens with zero attached hydrogens (tertiary/aromatic N) is 3. The molecule has 0 N–H and O–H groups in total. The monoisotopic (exact) mass is 391 g/mol. The molecule has 0 spiro atoms. The SMILES string of the molecule is Cc1c(Cc2cccc(N=O)c2)c(=O)oc2cc(OC(=O)N(C)C)c(C#N)cc12. The molecular formula is C21H17N3O5. The van der Waals surface area contributed by atoms with E-state index in [-0.39, 0.29) is 29.0 Å². The summed E-state index contributed by atoms with van der Waals surface area (Å²) in [6, 6.07) is 11.5. The highest BCUT2D eigenvalue weighted by atomic mass is 16.6. The van der Waals surface area contributed by atoms with Gasteiger partial charge in [0.15, 0.2) is 5.75 Å². The molecule has 0 aliphatic heterocycles. The summed E-state index contributed by atoms with van der Waals surface area (Å²) in [7, 11) is 3.03. The van der Waals surface area contributed by atoms with Crippen LogP contribution in [0, 0.1) is 23.2 Å². The lowest BCUT2D eigenvalue weighted by molar-refractivity contribution is 0.172. The first kappa shape index (κ1) is 19.8. The highest BCUT2D eigenvalue weighted by Crippen LogP contribution is 2.29. The summed E-state index contributed by atoms with van der Waals surface area (Å²) in [4.78, 5) is 36.4. The van der Waals surface area contributed by atoms with E-state index in [0.717, 1.165) is 5.56 Å². The molecule has 0 atom stereocenters. The molecule has 1 aromatic heterocycles. The smallest absolute Gasteiger partial charge is 0.414 e. The molecule has 0 saturated carbocycles. The Hall–Kier alpha value is -3.99. The Morgan fingerprint density at radius 3 is 2.69 bits per heavy atom. The van der Waals surface area contributed by atoms with Crippen LogP contribution < -0.4 is 10.4 Å². The molecule has 0 radical (unpaired) electrons. The van der Waals surface area contributed by atoms with Gasteiger partial charge in [0.1, 0.15) is 17.3 Å². The number of nitroso groups, excluding NO2 is 1. The van der Waals surface area contributed by atoms with Crippen molar-refractivity contribution < 1.29 is 13.9 Å². The third-order valence-corrected chi connectivity index (χ3v) is 4.47. The van der Waals surface area contributed by atoms with Gasteiger partial charge in [-0.3, -0.25) is 0 Å². The van der Waals surface area contributed by atoms with E-state index in [1.807, 2.05) is 6.07 Å². The minimum Gasteiger partial charge on any atom is -0.422 e. The molecule has 8 heteroatoms. The highest BCUT2D eigenvalue weighted by molar-refractivity contribution is 5.85. The molecule has 1 heterocycles. The maximum Gasteiger partial charge on any atom is 0.414 e. The first-order valence-corrected chi connectivity index (χ1v) is 8.66. The molecule has 0 saturated heterocycles. The highest BCUT2D eigenvalue weighted by Gasteiger charge is 2.18. The molecule has 2 aromatic carbocycles. The van der Waals surface area contributed by atoms with Crippen LogP contribution in [0.4, 0.5) is 10.5 Å². The summed E-state index contributed by atoms with van der Waals surface area (Å²) in [5.41, 5.74) is 1.85. The van der Waals surface area contributed by atoms with E-state index in [4.69, 9.17) is 9.15 Å². The van der Waals surface area contributed by atoms with Crippen LogP contribution in [0.3, 0.4) is 0 Å². The standard InChI is InChI=1S/C21H17N3O5/c1-12-16-9-14(11-22)18(29-21(26)24(2)3)10-19(16)28-20(25)17(12)8-13-5-4-6-15(7-13)23-27/h4-7,9-10H,8H2,1-3H3. The predicted molar refractivity (Wildman–Crippen MR) is 106 cm³/mol. The normalized spacial score (nSPS) is 10.4. The van der Waals surface area contributed by atoms with Gasteiger partial charge in [-0.2, -0.15) is 5.26 Å². The van der Waals surface area contributed by atoms with Crippen LogP contribution in [0.5, 0.6) is 5.75 Å². The zero-order chi connectivity index (χ0) is 21.1. The van der Waals surface area contributed by atoms with Crippen molar-refractivity contribution in [2.45, 2.75) is 13.3 Å². The van der Waals surface area contributed by atoms with Gasteiger partial charge >= 0.3 is 11.7 Å². The lowest BCUT2D eigenvalue weighted by Crippen LogP contribution is -2.25. The Balaban J connectivity index is 2.11. The molecular weight excluding hydrogens is 374 g/mol. The number of fused-ring (bicyclic) bond motifs is 1. The van der Waals surface area contributed by atoms with Crippen LogP contribution in [0.15, 0.2) is 50.8 Å². The van der Waals surface area contributed by atoms with Crippen molar-refractivity contribution in [1.82, 2.24) is 4.90 Å².